The minimum absolute atomic E-state index is 0.188. The molecule has 0 saturated carbocycles. The molecular weight excluding hydrogens is 567 g/mol. The summed E-state index contributed by atoms with van der Waals surface area (Å²) in [6.07, 6.45) is -0.271. The fraction of sp³-hybridized carbons (Fsp3) is 0.355. The molecule has 2 aliphatic heterocycles. The van der Waals surface area contributed by atoms with Crippen molar-refractivity contribution in [3.05, 3.63) is 88.8 Å². The highest BCUT2D eigenvalue weighted by Crippen LogP contribution is 2.43. The van der Waals surface area contributed by atoms with Crippen molar-refractivity contribution in [2.24, 2.45) is 5.41 Å². The van der Waals surface area contributed by atoms with Crippen LogP contribution in [0.15, 0.2) is 66.9 Å². The van der Waals surface area contributed by atoms with Crippen molar-refractivity contribution >= 4 is 34.5 Å². The molecule has 0 unspecified atom stereocenters. The molecule has 2 aromatic carbocycles. The number of piperidine rings is 1. The van der Waals surface area contributed by atoms with Gasteiger partial charge in [-0.05, 0) is 73.4 Å². The molecule has 0 bridgehead atoms. The lowest BCUT2D eigenvalue weighted by molar-refractivity contribution is -0.274. The summed E-state index contributed by atoms with van der Waals surface area (Å²) in [5.74, 6) is -0.391. The molecule has 1 amide bonds. The third kappa shape index (κ3) is 5.86. The molecule has 42 heavy (non-hydrogen) atoms. The first-order chi connectivity index (χ1) is 20.1. The zero-order valence-corrected chi connectivity index (χ0v) is 23.9. The van der Waals surface area contributed by atoms with Gasteiger partial charge in [0.1, 0.15) is 17.1 Å². The number of pyridine rings is 1. The summed E-state index contributed by atoms with van der Waals surface area (Å²) in [7, 11) is 0. The number of hydrogen-bond acceptors (Lipinski definition) is 5. The second-order valence-corrected chi connectivity index (χ2v) is 11.5. The van der Waals surface area contributed by atoms with Crippen LogP contribution in [0.2, 0.25) is 5.02 Å². The van der Waals surface area contributed by atoms with Crippen LogP contribution in [0.1, 0.15) is 41.5 Å². The molecule has 2 aromatic heterocycles. The zero-order valence-electron chi connectivity index (χ0n) is 23.1. The Labute approximate surface area is 246 Å². The Bertz CT molecular complexity index is 1570. The van der Waals surface area contributed by atoms with Gasteiger partial charge in [-0.2, -0.15) is 0 Å². The van der Waals surface area contributed by atoms with E-state index in [0.29, 0.717) is 29.3 Å². The zero-order chi connectivity index (χ0) is 29.5. The van der Waals surface area contributed by atoms with Gasteiger partial charge in [0.25, 0.3) is 5.91 Å². The predicted molar refractivity (Wildman–Crippen MR) is 156 cm³/mol. The fourth-order valence-corrected chi connectivity index (χ4v) is 6.17. The first-order valence-electron chi connectivity index (χ1n) is 14.0. The molecule has 0 atom stereocenters. The van der Waals surface area contributed by atoms with Gasteiger partial charge in [-0.1, -0.05) is 30.7 Å². The van der Waals surface area contributed by atoms with Crippen molar-refractivity contribution in [1.29, 1.82) is 0 Å². The van der Waals surface area contributed by atoms with Crippen LogP contribution in [-0.4, -0.2) is 47.8 Å². The van der Waals surface area contributed by atoms with Crippen LogP contribution in [0.3, 0.4) is 0 Å². The van der Waals surface area contributed by atoms with E-state index in [9.17, 15) is 18.0 Å². The number of aromatic nitrogens is 2. The van der Waals surface area contributed by atoms with Crippen LogP contribution in [0.4, 0.5) is 24.5 Å². The lowest BCUT2D eigenvalue weighted by atomic mass is 9.71. The molecule has 7 nitrogen and oxygen atoms in total. The number of aryl methyl sites for hydroxylation is 1. The molecule has 2 fully saturated rings. The van der Waals surface area contributed by atoms with E-state index in [0.717, 1.165) is 61.7 Å². The second-order valence-electron chi connectivity index (χ2n) is 11.1. The Morgan fingerprint density at radius 3 is 2.26 bits per heavy atom. The largest absolute Gasteiger partial charge is 0.573 e. The van der Waals surface area contributed by atoms with E-state index in [1.807, 2.05) is 19.1 Å². The molecule has 2 saturated heterocycles. The Morgan fingerprint density at radius 2 is 1.62 bits per heavy atom. The monoisotopic (exact) mass is 597 g/mol. The summed E-state index contributed by atoms with van der Waals surface area (Å²) >= 11 is 6.16. The van der Waals surface area contributed by atoms with E-state index >= 15 is 0 Å². The summed E-state index contributed by atoms with van der Waals surface area (Å²) in [4.78, 5) is 22.2. The van der Waals surface area contributed by atoms with Gasteiger partial charge >= 0.3 is 6.36 Å². The summed E-state index contributed by atoms with van der Waals surface area (Å²) in [6, 6.07) is 18.0. The number of alkyl halides is 3. The topological polar surface area (TPSA) is 62.1 Å². The minimum atomic E-state index is -4.68. The molecule has 0 radical (unpaired) electrons. The maximum absolute atomic E-state index is 13.1. The number of imidazole rings is 1. The number of anilines is 2. The first kappa shape index (κ1) is 28.2. The van der Waals surface area contributed by atoms with Gasteiger partial charge in [-0.3, -0.25) is 9.20 Å². The maximum Gasteiger partial charge on any atom is 0.573 e. The number of ether oxygens (including phenoxy) is 1. The van der Waals surface area contributed by atoms with Gasteiger partial charge in [-0.25, -0.2) is 4.98 Å². The van der Waals surface area contributed by atoms with E-state index in [1.165, 1.54) is 12.1 Å². The van der Waals surface area contributed by atoms with Gasteiger partial charge in [0.15, 0.2) is 0 Å². The average molecular weight is 598 g/mol. The van der Waals surface area contributed by atoms with Crippen LogP contribution < -0.4 is 19.9 Å². The van der Waals surface area contributed by atoms with Crippen LogP contribution in [0, 0.1) is 5.41 Å². The number of nitrogens with one attached hydrogen (secondary N) is 1. The van der Waals surface area contributed by atoms with Crippen LogP contribution in [-0.2, 0) is 13.0 Å². The number of rotatable bonds is 7. The van der Waals surface area contributed by atoms with Gasteiger partial charge in [0, 0.05) is 55.7 Å². The van der Waals surface area contributed by atoms with Gasteiger partial charge in [0.2, 0.25) is 0 Å². The molecule has 4 heterocycles. The second kappa shape index (κ2) is 11.1. The van der Waals surface area contributed by atoms with E-state index in [4.69, 9.17) is 11.6 Å². The number of halogens is 4. The lowest BCUT2D eigenvalue weighted by Crippen LogP contribution is -2.60. The summed E-state index contributed by atoms with van der Waals surface area (Å²) in [6.45, 7) is 6.06. The number of nitrogens with zero attached hydrogens (tertiary/aromatic N) is 4. The Kier molecular flexibility index (Phi) is 7.43. The van der Waals surface area contributed by atoms with Crippen LogP contribution >= 0.6 is 11.6 Å². The standard InChI is InChI=1S/C31H31ClF3N5O2/c1-2-26-28(40-18-22(32)5-12-27(40)37-26)29(41)36-17-21-3-6-24(7-4-21)39-19-30(20-39)13-15-38(16-14-30)23-8-10-25(11-9-23)42-31(33,34)35/h3-12,18H,2,13-17,19-20H2,1H3,(H,36,41). The molecule has 1 spiro atoms. The van der Waals surface area contributed by atoms with Crippen molar-refractivity contribution in [2.75, 3.05) is 36.0 Å². The summed E-state index contributed by atoms with van der Waals surface area (Å²) < 4.78 is 43.0. The van der Waals surface area contributed by atoms with Crippen LogP contribution in [0.25, 0.3) is 5.65 Å². The van der Waals surface area contributed by atoms with Crippen molar-refractivity contribution in [3.8, 4) is 5.75 Å². The fourth-order valence-electron chi connectivity index (χ4n) is 6.01. The van der Waals surface area contributed by atoms with E-state index in [2.05, 4.69) is 37.0 Å². The van der Waals surface area contributed by atoms with Gasteiger partial charge in [0.05, 0.1) is 10.7 Å². The lowest BCUT2D eigenvalue weighted by Gasteiger charge is -2.55. The highest BCUT2D eigenvalue weighted by Gasteiger charge is 2.45. The molecular formula is C31H31ClF3N5O2. The molecule has 0 aliphatic carbocycles. The van der Waals surface area contributed by atoms with E-state index < -0.39 is 6.36 Å². The smallest absolute Gasteiger partial charge is 0.406 e. The quantitative estimate of drug-likeness (QED) is 0.264. The van der Waals surface area contributed by atoms with Crippen molar-refractivity contribution in [2.45, 2.75) is 39.1 Å². The molecule has 1 N–H and O–H groups in total. The molecule has 11 heteroatoms. The predicted octanol–water partition coefficient (Wildman–Crippen LogP) is 6.49. The Morgan fingerprint density at radius 1 is 0.976 bits per heavy atom. The third-order valence-corrected chi connectivity index (χ3v) is 8.49. The molecule has 2 aliphatic rings. The van der Waals surface area contributed by atoms with E-state index in [1.54, 1.807) is 34.9 Å². The normalized spacial score (nSPS) is 16.5. The Balaban J connectivity index is 1.00. The average Bonchev–Trinajstić information content (AvgIpc) is 3.32. The SMILES string of the molecule is CCc1nc2ccc(Cl)cn2c1C(=O)NCc1ccc(N2CC3(CCN(c4ccc(OC(F)(F)F)cc4)CC3)C2)cc1. The number of fused-ring (bicyclic) bond motifs is 1. The van der Waals surface area contributed by atoms with Crippen molar-refractivity contribution in [1.82, 2.24) is 14.7 Å². The Hall–Kier alpha value is -3.92. The van der Waals surface area contributed by atoms with Crippen molar-refractivity contribution < 1.29 is 22.7 Å². The van der Waals surface area contributed by atoms with Gasteiger partial charge < -0.3 is 19.9 Å². The highest BCUT2D eigenvalue weighted by atomic mass is 35.5. The molecule has 6 rings (SSSR count). The van der Waals surface area contributed by atoms with E-state index in [-0.39, 0.29) is 17.1 Å². The van der Waals surface area contributed by atoms with Gasteiger partial charge in [-0.15, -0.1) is 13.2 Å². The number of hydrogen-bond donors (Lipinski definition) is 1. The summed E-state index contributed by atoms with van der Waals surface area (Å²) in [5.41, 5.74) is 5.27. The summed E-state index contributed by atoms with van der Waals surface area (Å²) in [5, 5.41) is 3.56. The number of carbonyl (C=O) groups is 1. The molecule has 220 valence electrons. The number of benzene rings is 2. The first-order valence-corrected chi connectivity index (χ1v) is 14.4. The highest BCUT2D eigenvalue weighted by molar-refractivity contribution is 6.30. The molecule has 4 aromatic rings. The van der Waals surface area contributed by atoms with Crippen LogP contribution in [0.5, 0.6) is 5.75 Å². The number of carbonyl (C=O) groups excluding carboxylic acids is 1. The third-order valence-electron chi connectivity index (χ3n) is 8.27. The number of amides is 1. The minimum Gasteiger partial charge on any atom is -0.406 e. The maximum atomic E-state index is 13.1. The van der Waals surface area contributed by atoms with Crippen molar-refractivity contribution in [3.63, 3.8) is 0 Å².